The van der Waals surface area contributed by atoms with Gasteiger partial charge in [-0.25, -0.2) is 0 Å². The fourth-order valence-corrected chi connectivity index (χ4v) is 2.64. The average molecular weight is 334 g/mol. The Morgan fingerprint density at radius 2 is 2.08 bits per heavy atom. The first-order valence-corrected chi connectivity index (χ1v) is 8.27. The van der Waals surface area contributed by atoms with Gasteiger partial charge in [0.2, 0.25) is 0 Å². The number of nitrogens with one attached hydrogen (secondary N) is 2. The van der Waals surface area contributed by atoms with Crippen LogP contribution in [-0.4, -0.2) is 61.2 Å². The molecule has 1 heterocycles. The van der Waals surface area contributed by atoms with Gasteiger partial charge in [-0.2, -0.15) is 0 Å². The topological polar surface area (TPSA) is 96.7 Å². The van der Waals surface area contributed by atoms with E-state index in [0.717, 1.165) is 45.7 Å². The summed E-state index contributed by atoms with van der Waals surface area (Å²) in [4.78, 5) is 25.1. The number of ether oxygens (including phenoxy) is 1. The highest BCUT2D eigenvalue weighted by Gasteiger charge is 2.25. The molecule has 1 aliphatic heterocycles. The van der Waals surface area contributed by atoms with Crippen LogP contribution >= 0.6 is 0 Å². The molecule has 8 heteroatoms. The van der Waals surface area contributed by atoms with Crippen LogP contribution in [0.3, 0.4) is 0 Å². The van der Waals surface area contributed by atoms with Crippen LogP contribution in [0.1, 0.15) is 23.2 Å². The second-order valence-electron chi connectivity index (χ2n) is 6.12. The van der Waals surface area contributed by atoms with Crippen LogP contribution in [0.15, 0.2) is 18.2 Å². The number of benzene rings is 1. The first-order valence-electron chi connectivity index (χ1n) is 8.27. The summed E-state index contributed by atoms with van der Waals surface area (Å²) in [7, 11) is 0. The van der Waals surface area contributed by atoms with Crippen molar-refractivity contribution in [2.45, 2.75) is 18.9 Å². The summed E-state index contributed by atoms with van der Waals surface area (Å²) in [6.07, 6.45) is 1.96. The van der Waals surface area contributed by atoms with Gasteiger partial charge in [-0.05, 0) is 25.0 Å². The van der Waals surface area contributed by atoms with Gasteiger partial charge < -0.3 is 15.4 Å². The van der Waals surface area contributed by atoms with Gasteiger partial charge in [0.25, 0.3) is 11.6 Å². The standard InChI is InChI=1S/C16H22N4O4/c21-16(18-13-2-3-13)12-1-4-14(15(11-12)20(22)23)17-5-6-19-7-9-24-10-8-19/h1,4,11,13,17H,2-3,5-10H2,(H,18,21). The molecule has 0 bridgehead atoms. The number of anilines is 1. The highest BCUT2D eigenvalue weighted by molar-refractivity contribution is 5.96. The summed E-state index contributed by atoms with van der Waals surface area (Å²) in [5.74, 6) is -0.250. The molecule has 2 N–H and O–H groups in total. The maximum atomic E-state index is 12.0. The van der Waals surface area contributed by atoms with Crippen molar-refractivity contribution < 1.29 is 14.5 Å². The van der Waals surface area contributed by atoms with Crippen molar-refractivity contribution in [2.75, 3.05) is 44.7 Å². The smallest absolute Gasteiger partial charge is 0.293 e. The number of hydrogen-bond donors (Lipinski definition) is 2. The van der Waals surface area contributed by atoms with Crippen molar-refractivity contribution in [1.29, 1.82) is 0 Å². The highest BCUT2D eigenvalue weighted by atomic mass is 16.6. The second kappa shape index (κ2) is 7.59. The molecule has 3 rings (SSSR count). The van der Waals surface area contributed by atoms with E-state index in [4.69, 9.17) is 4.74 Å². The molecule has 0 atom stereocenters. The maximum absolute atomic E-state index is 12.0. The fraction of sp³-hybridized carbons (Fsp3) is 0.562. The third-order valence-corrected chi connectivity index (χ3v) is 4.22. The lowest BCUT2D eigenvalue weighted by Crippen LogP contribution is -2.39. The highest BCUT2D eigenvalue weighted by Crippen LogP contribution is 2.26. The van der Waals surface area contributed by atoms with Crippen molar-refractivity contribution in [3.8, 4) is 0 Å². The zero-order valence-electron chi connectivity index (χ0n) is 13.5. The van der Waals surface area contributed by atoms with Crippen molar-refractivity contribution in [3.05, 3.63) is 33.9 Å². The molecule has 1 amide bonds. The van der Waals surface area contributed by atoms with Gasteiger partial charge in [-0.15, -0.1) is 0 Å². The lowest BCUT2D eigenvalue weighted by Gasteiger charge is -2.26. The number of morpholine rings is 1. The van der Waals surface area contributed by atoms with E-state index in [1.807, 2.05) is 0 Å². The molecule has 1 saturated heterocycles. The quantitative estimate of drug-likeness (QED) is 0.575. The number of carbonyl (C=O) groups is 1. The minimum atomic E-state index is -0.453. The number of rotatable bonds is 7. The van der Waals surface area contributed by atoms with Crippen LogP contribution in [0, 0.1) is 10.1 Å². The minimum absolute atomic E-state index is 0.0691. The van der Waals surface area contributed by atoms with E-state index < -0.39 is 4.92 Å². The van der Waals surface area contributed by atoms with E-state index in [2.05, 4.69) is 15.5 Å². The number of nitrogens with zero attached hydrogens (tertiary/aromatic N) is 2. The van der Waals surface area contributed by atoms with E-state index in [1.54, 1.807) is 12.1 Å². The lowest BCUT2D eigenvalue weighted by molar-refractivity contribution is -0.384. The zero-order chi connectivity index (χ0) is 16.9. The van der Waals surface area contributed by atoms with Gasteiger partial charge in [-0.3, -0.25) is 19.8 Å². The Morgan fingerprint density at radius 3 is 2.75 bits per heavy atom. The molecule has 2 aliphatic rings. The molecule has 24 heavy (non-hydrogen) atoms. The summed E-state index contributed by atoms with van der Waals surface area (Å²) in [6, 6.07) is 4.80. The van der Waals surface area contributed by atoms with Gasteiger partial charge in [0, 0.05) is 43.9 Å². The van der Waals surface area contributed by atoms with Gasteiger partial charge >= 0.3 is 0 Å². The Labute approximate surface area is 140 Å². The molecular weight excluding hydrogens is 312 g/mol. The Morgan fingerprint density at radius 1 is 1.33 bits per heavy atom. The van der Waals surface area contributed by atoms with Crippen LogP contribution in [-0.2, 0) is 4.74 Å². The summed E-state index contributed by atoms with van der Waals surface area (Å²) in [5.41, 5.74) is 0.698. The first kappa shape index (κ1) is 16.7. The number of nitro groups is 1. The summed E-state index contributed by atoms with van der Waals surface area (Å²) in [5, 5.41) is 17.2. The third-order valence-electron chi connectivity index (χ3n) is 4.22. The van der Waals surface area contributed by atoms with Gasteiger partial charge in [0.1, 0.15) is 5.69 Å². The van der Waals surface area contributed by atoms with E-state index in [-0.39, 0.29) is 17.6 Å². The van der Waals surface area contributed by atoms with Crippen LogP contribution in [0.5, 0.6) is 0 Å². The molecule has 1 aromatic rings. The Hall–Kier alpha value is -2.19. The number of hydrogen-bond acceptors (Lipinski definition) is 6. The number of nitro benzene ring substituents is 1. The van der Waals surface area contributed by atoms with Crippen molar-refractivity contribution in [2.24, 2.45) is 0 Å². The first-order chi connectivity index (χ1) is 11.6. The van der Waals surface area contributed by atoms with Crippen molar-refractivity contribution in [1.82, 2.24) is 10.2 Å². The van der Waals surface area contributed by atoms with Gasteiger partial charge in [-0.1, -0.05) is 0 Å². The third kappa shape index (κ3) is 4.42. The molecular formula is C16H22N4O4. The second-order valence-corrected chi connectivity index (χ2v) is 6.12. The zero-order valence-corrected chi connectivity index (χ0v) is 13.5. The molecule has 0 spiro atoms. The molecule has 0 aromatic heterocycles. The molecule has 8 nitrogen and oxygen atoms in total. The summed E-state index contributed by atoms with van der Waals surface area (Å²) in [6.45, 7) is 4.61. The molecule has 2 fully saturated rings. The Bertz CT molecular complexity index is 612. The Balaban J connectivity index is 1.60. The van der Waals surface area contributed by atoms with Crippen LogP contribution in [0.4, 0.5) is 11.4 Å². The molecule has 1 saturated carbocycles. The summed E-state index contributed by atoms with van der Waals surface area (Å²) >= 11 is 0. The number of carbonyl (C=O) groups excluding carboxylic acids is 1. The SMILES string of the molecule is O=C(NC1CC1)c1ccc(NCCN2CCOCC2)c([N+](=O)[O-])c1. The summed E-state index contributed by atoms with van der Waals surface area (Å²) < 4.78 is 5.29. The van der Waals surface area contributed by atoms with Crippen molar-refractivity contribution >= 4 is 17.3 Å². The normalized spacial score (nSPS) is 18.2. The number of amides is 1. The monoisotopic (exact) mass is 334 g/mol. The van der Waals surface area contributed by atoms with Crippen molar-refractivity contribution in [3.63, 3.8) is 0 Å². The molecule has 0 radical (unpaired) electrons. The predicted molar refractivity (Wildman–Crippen MR) is 89.3 cm³/mol. The minimum Gasteiger partial charge on any atom is -0.379 e. The molecule has 0 unspecified atom stereocenters. The Kier molecular flexibility index (Phi) is 5.27. The maximum Gasteiger partial charge on any atom is 0.293 e. The van der Waals surface area contributed by atoms with Gasteiger partial charge in [0.05, 0.1) is 18.1 Å². The van der Waals surface area contributed by atoms with Crippen LogP contribution < -0.4 is 10.6 Å². The van der Waals surface area contributed by atoms with Crippen LogP contribution in [0.25, 0.3) is 0 Å². The van der Waals surface area contributed by atoms with E-state index in [9.17, 15) is 14.9 Å². The van der Waals surface area contributed by atoms with Gasteiger partial charge in [0.15, 0.2) is 0 Å². The largest absolute Gasteiger partial charge is 0.379 e. The van der Waals surface area contributed by atoms with E-state index >= 15 is 0 Å². The molecule has 1 aromatic carbocycles. The van der Waals surface area contributed by atoms with Crippen LogP contribution in [0.2, 0.25) is 0 Å². The predicted octanol–water partition coefficient (Wildman–Crippen LogP) is 1.23. The lowest BCUT2D eigenvalue weighted by atomic mass is 10.1. The average Bonchev–Trinajstić information content (AvgIpc) is 3.40. The fourth-order valence-electron chi connectivity index (χ4n) is 2.64. The van der Waals surface area contributed by atoms with E-state index in [0.29, 0.717) is 17.8 Å². The molecule has 1 aliphatic carbocycles. The van der Waals surface area contributed by atoms with E-state index in [1.165, 1.54) is 6.07 Å². The molecule has 130 valence electrons.